The van der Waals surface area contributed by atoms with Gasteiger partial charge in [-0.15, -0.1) is 0 Å². The molecule has 1 unspecified atom stereocenters. The lowest BCUT2D eigenvalue weighted by molar-refractivity contribution is 0.0952. The van der Waals surface area contributed by atoms with Gasteiger partial charge in [-0.25, -0.2) is 0 Å². The third kappa shape index (κ3) is 4.43. The lowest BCUT2D eigenvalue weighted by Gasteiger charge is -2.12. The van der Waals surface area contributed by atoms with Gasteiger partial charge in [-0.2, -0.15) is 0 Å². The van der Waals surface area contributed by atoms with Crippen LogP contribution in [-0.2, 0) is 0 Å². The van der Waals surface area contributed by atoms with Crippen LogP contribution in [0.25, 0.3) is 0 Å². The van der Waals surface area contributed by atoms with Crippen molar-refractivity contribution in [1.82, 2.24) is 5.32 Å². The molecule has 3 heteroatoms. The second-order valence-corrected chi connectivity index (χ2v) is 6.17. The van der Waals surface area contributed by atoms with Gasteiger partial charge in [0.25, 0.3) is 5.91 Å². The van der Waals surface area contributed by atoms with E-state index < -0.39 is 0 Å². The fraction of sp³-hybridized carbons (Fsp3) is 0.278. The topological polar surface area (TPSA) is 29.1 Å². The van der Waals surface area contributed by atoms with Gasteiger partial charge in [0.2, 0.25) is 0 Å². The SMILES string of the molecule is Cc1ccc(C(=O)NCCC(C)c2ccccc2)cc1Br. The Balaban J connectivity index is 1.85. The van der Waals surface area contributed by atoms with Crippen molar-refractivity contribution in [2.75, 3.05) is 6.54 Å². The Morgan fingerprint density at radius 3 is 2.57 bits per heavy atom. The molecule has 0 aliphatic heterocycles. The molecule has 1 N–H and O–H groups in total. The molecule has 21 heavy (non-hydrogen) atoms. The molecule has 1 atom stereocenters. The normalized spacial score (nSPS) is 12.0. The van der Waals surface area contributed by atoms with Crippen molar-refractivity contribution in [3.05, 3.63) is 69.7 Å². The molecule has 0 fully saturated rings. The van der Waals surface area contributed by atoms with Crippen molar-refractivity contribution >= 4 is 21.8 Å². The van der Waals surface area contributed by atoms with Gasteiger partial charge in [-0.1, -0.05) is 59.3 Å². The summed E-state index contributed by atoms with van der Waals surface area (Å²) in [4.78, 5) is 12.1. The van der Waals surface area contributed by atoms with E-state index in [-0.39, 0.29) is 5.91 Å². The zero-order valence-corrected chi connectivity index (χ0v) is 14.0. The molecule has 0 radical (unpaired) electrons. The van der Waals surface area contributed by atoms with Crippen LogP contribution in [0.1, 0.15) is 40.7 Å². The van der Waals surface area contributed by atoms with Crippen LogP contribution in [0, 0.1) is 6.92 Å². The molecule has 0 spiro atoms. The third-order valence-electron chi connectivity index (χ3n) is 3.67. The van der Waals surface area contributed by atoms with Crippen LogP contribution in [0.2, 0.25) is 0 Å². The molecule has 0 heterocycles. The minimum absolute atomic E-state index is 0.0176. The third-order valence-corrected chi connectivity index (χ3v) is 4.52. The Kier molecular flexibility index (Phi) is 5.57. The fourth-order valence-electron chi connectivity index (χ4n) is 2.19. The van der Waals surface area contributed by atoms with Crippen LogP contribution in [0.3, 0.4) is 0 Å². The Labute approximate surface area is 134 Å². The van der Waals surface area contributed by atoms with Crippen LogP contribution in [-0.4, -0.2) is 12.5 Å². The molecule has 0 saturated carbocycles. The quantitative estimate of drug-likeness (QED) is 0.837. The minimum Gasteiger partial charge on any atom is -0.352 e. The summed E-state index contributed by atoms with van der Waals surface area (Å²) in [6, 6.07) is 16.1. The summed E-state index contributed by atoms with van der Waals surface area (Å²) in [5.74, 6) is 0.423. The molecule has 0 saturated heterocycles. The number of nitrogens with one attached hydrogen (secondary N) is 1. The van der Waals surface area contributed by atoms with E-state index >= 15 is 0 Å². The number of aryl methyl sites for hydroxylation is 1. The number of rotatable bonds is 5. The van der Waals surface area contributed by atoms with Crippen LogP contribution in [0.4, 0.5) is 0 Å². The average molecular weight is 346 g/mol. The molecule has 2 nitrogen and oxygen atoms in total. The van der Waals surface area contributed by atoms with E-state index in [1.807, 2.05) is 43.3 Å². The predicted octanol–water partition coefficient (Wildman–Crippen LogP) is 4.68. The van der Waals surface area contributed by atoms with Crippen molar-refractivity contribution in [1.29, 1.82) is 0 Å². The van der Waals surface area contributed by atoms with Crippen molar-refractivity contribution in [2.24, 2.45) is 0 Å². The zero-order chi connectivity index (χ0) is 15.2. The van der Waals surface area contributed by atoms with E-state index in [0.29, 0.717) is 18.0 Å². The van der Waals surface area contributed by atoms with Gasteiger partial charge < -0.3 is 5.32 Å². The maximum atomic E-state index is 12.1. The van der Waals surface area contributed by atoms with Gasteiger partial charge in [-0.3, -0.25) is 4.79 Å². The number of amides is 1. The average Bonchev–Trinajstić information content (AvgIpc) is 2.50. The Morgan fingerprint density at radius 2 is 1.90 bits per heavy atom. The maximum Gasteiger partial charge on any atom is 0.251 e. The lowest BCUT2D eigenvalue weighted by Crippen LogP contribution is -2.25. The molecule has 2 aromatic rings. The largest absolute Gasteiger partial charge is 0.352 e. The molecular weight excluding hydrogens is 326 g/mol. The highest BCUT2D eigenvalue weighted by Crippen LogP contribution is 2.19. The van der Waals surface area contributed by atoms with Crippen molar-refractivity contribution in [3.63, 3.8) is 0 Å². The highest BCUT2D eigenvalue weighted by Gasteiger charge is 2.09. The van der Waals surface area contributed by atoms with Crippen molar-refractivity contribution in [2.45, 2.75) is 26.2 Å². The maximum absolute atomic E-state index is 12.1. The van der Waals surface area contributed by atoms with Crippen molar-refractivity contribution < 1.29 is 4.79 Å². The first-order chi connectivity index (χ1) is 10.1. The van der Waals surface area contributed by atoms with E-state index in [1.54, 1.807) is 0 Å². The van der Waals surface area contributed by atoms with E-state index in [1.165, 1.54) is 5.56 Å². The smallest absolute Gasteiger partial charge is 0.251 e. The summed E-state index contributed by atoms with van der Waals surface area (Å²) in [7, 11) is 0. The summed E-state index contributed by atoms with van der Waals surface area (Å²) in [6.45, 7) is 4.87. The first kappa shape index (κ1) is 15.8. The van der Waals surface area contributed by atoms with E-state index in [2.05, 4.69) is 40.3 Å². The molecule has 0 aliphatic carbocycles. The lowest BCUT2D eigenvalue weighted by atomic mass is 9.98. The second-order valence-electron chi connectivity index (χ2n) is 5.32. The summed E-state index contributed by atoms with van der Waals surface area (Å²) < 4.78 is 0.966. The Morgan fingerprint density at radius 1 is 1.19 bits per heavy atom. The first-order valence-electron chi connectivity index (χ1n) is 7.17. The highest BCUT2D eigenvalue weighted by molar-refractivity contribution is 9.10. The monoisotopic (exact) mass is 345 g/mol. The zero-order valence-electron chi connectivity index (χ0n) is 12.4. The molecule has 2 rings (SSSR count). The number of hydrogen-bond donors (Lipinski definition) is 1. The number of carbonyl (C=O) groups excluding carboxylic acids is 1. The van der Waals surface area contributed by atoms with Gasteiger partial charge in [0.05, 0.1) is 0 Å². The summed E-state index contributed by atoms with van der Waals surface area (Å²) in [6.07, 6.45) is 0.933. The van der Waals surface area contributed by atoms with E-state index in [4.69, 9.17) is 0 Å². The van der Waals surface area contributed by atoms with Gasteiger partial charge >= 0.3 is 0 Å². The molecule has 2 aromatic carbocycles. The van der Waals surface area contributed by atoms with Crippen LogP contribution < -0.4 is 5.32 Å². The predicted molar refractivity (Wildman–Crippen MR) is 90.7 cm³/mol. The van der Waals surface area contributed by atoms with Gasteiger partial charge in [0.15, 0.2) is 0 Å². The Bertz CT molecular complexity index is 610. The fourth-order valence-corrected chi connectivity index (χ4v) is 2.57. The number of halogens is 1. The number of benzene rings is 2. The molecule has 0 aliphatic rings. The number of hydrogen-bond acceptors (Lipinski definition) is 1. The molecule has 0 aromatic heterocycles. The minimum atomic E-state index is -0.0176. The first-order valence-corrected chi connectivity index (χ1v) is 7.96. The molecular formula is C18H20BrNO. The summed E-state index contributed by atoms with van der Waals surface area (Å²) in [5, 5.41) is 2.99. The van der Waals surface area contributed by atoms with Crippen LogP contribution in [0.15, 0.2) is 53.0 Å². The summed E-state index contributed by atoms with van der Waals surface area (Å²) in [5.41, 5.74) is 3.13. The van der Waals surface area contributed by atoms with Gasteiger partial charge in [-0.05, 0) is 42.5 Å². The van der Waals surface area contributed by atoms with Gasteiger partial charge in [0, 0.05) is 16.6 Å². The molecule has 110 valence electrons. The molecule has 0 bridgehead atoms. The standard InChI is InChI=1S/C18H20BrNO/c1-13(15-6-4-3-5-7-15)10-11-20-18(21)16-9-8-14(2)17(19)12-16/h3-9,12-13H,10-11H2,1-2H3,(H,20,21). The highest BCUT2D eigenvalue weighted by atomic mass is 79.9. The Hall–Kier alpha value is -1.61. The van der Waals surface area contributed by atoms with E-state index in [0.717, 1.165) is 16.5 Å². The molecule has 1 amide bonds. The van der Waals surface area contributed by atoms with Crippen molar-refractivity contribution in [3.8, 4) is 0 Å². The summed E-state index contributed by atoms with van der Waals surface area (Å²) >= 11 is 3.46. The van der Waals surface area contributed by atoms with Crippen LogP contribution >= 0.6 is 15.9 Å². The van der Waals surface area contributed by atoms with Crippen LogP contribution in [0.5, 0.6) is 0 Å². The second kappa shape index (κ2) is 7.41. The number of carbonyl (C=O) groups is 1. The van der Waals surface area contributed by atoms with Gasteiger partial charge in [0.1, 0.15) is 0 Å². The van der Waals surface area contributed by atoms with E-state index in [9.17, 15) is 4.79 Å².